The molecule has 0 aliphatic carbocycles. The minimum absolute atomic E-state index is 0.256. The van der Waals surface area contributed by atoms with Gasteiger partial charge in [0.15, 0.2) is 12.4 Å². The quantitative estimate of drug-likeness (QED) is 0.607. The number of aromatic nitrogens is 1. The van der Waals surface area contributed by atoms with Gasteiger partial charge in [0.1, 0.15) is 0 Å². The zero-order chi connectivity index (χ0) is 19.9. The predicted molar refractivity (Wildman–Crippen MR) is 56.8 cm³/mol. The molecule has 0 aromatic carbocycles. The molecule has 3 nitrogen and oxygen atoms in total. The second-order valence-electron chi connectivity index (χ2n) is 4.52. The van der Waals surface area contributed by atoms with E-state index < -0.39 is 35.8 Å². The highest BCUT2D eigenvalue weighted by Crippen LogP contribution is 2.57. The molecule has 0 aliphatic rings. The van der Waals surface area contributed by atoms with Crippen LogP contribution in [0, 0.1) is 0 Å². The topological polar surface area (TPSA) is 33.0 Å². The number of rotatable bonds is 5. The van der Waals surface area contributed by atoms with Gasteiger partial charge in [-0.1, -0.05) is 10.7 Å². The van der Waals surface area contributed by atoms with Gasteiger partial charge in [0.25, 0.3) is 0 Å². The van der Waals surface area contributed by atoms with Crippen LogP contribution < -0.4 is 10.1 Å². The molecular formula is C11H6F11N2O+. The summed E-state index contributed by atoms with van der Waals surface area (Å²) in [7, 11) is 0. The zero-order valence-electron chi connectivity index (χ0n) is 11.4. The van der Waals surface area contributed by atoms with Crippen molar-refractivity contribution in [3.63, 3.8) is 0 Å². The van der Waals surface area contributed by atoms with Gasteiger partial charge in [0.2, 0.25) is 0 Å². The van der Waals surface area contributed by atoms with E-state index in [1.165, 1.54) is 6.07 Å². The smallest absolute Gasteiger partial charge is 0.262 e. The van der Waals surface area contributed by atoms with E-state index in [1.807, 2.05) is 0 Å². The van der Waals surface area contributed by atoms with Gasteiger partial charge in [-0.05, 0) is 0 Å². The lowest BCUT2D eigenvalue weighted by atomic mass is 9.97. The van der Waals surface area contributed by atoms with Crippen LogP contribution in [-0.2, 0) is 4.79 Å². The summed E-state index contributed by atoms with van der Waals surface area (Å²) in [4.78, 5) is 11.1. The van der Waals surface area contributed by atoms with Crippen molar-refractivity contribution < 1.29 is 57.8 Å². The summed E-state index contributed by atoms with van der Waals surface area (Å²) in [6.45, 7) is 0. The van der Waals surface area contributed by atoms with E-state index in [4.69, 9.17) is 0 Å². The molecule has 14 heteroatoms. The second kappa shape index (κ2) is 5.98. The van der Waals surface area contributed by atoms with E-state index in [2.05, 4.69) is 0 Å². The Balaban J connectivity index is 3.27. The maximum atomic E-state index is 13.3. The molecule has 1 aromatic heterocycles. The van der Waals surface area contributed by atoms with Crippen LogP contribution in [0.5, 0.6) is 0 Å². The van der Waals surface area contributed by atoms with E-state index in [9.17, 15) is 53.1 Å². The summed E-state index contributed by atoms with van der Waals surface area (Å²) in [6.07, 6.45) is -5.76. The monoisotopic (exact) mass is 391 g/mol. The van der Waals surface area contributed by atoms with Crippen molar-refractivity contribution >= 4 is 5.91 Å². The summed E-state index contributed by atoms with van der Waals surface area (Å²) < 4.78 is 140. The highest BCUT2D eigenvalue weighted by atomic mass is 19.4. The lowest BCUT2D eigenvalue weighted by Gasteiger charge is -2.36. The van der Waals surface area contributed by atoms with Crippen LogP contribution >= 0.6 is 0 Å². The Labute approximate surface area is 131 Å². The van der Waals surface area contributed by atoms with Crippen molar-refractivity contribution in [2.24, 2.45) is 0 Å². The third kappa shape index (κ3) is 3.20. The Kier molecular flexibility index (Phi) is 5.00. The molecule has 0 radical (unpaired) electrons. The molecule has 0 saturated carbocycles. The zero-order valence-corrected chi connectivity index (χ0v) is 11.4. The molecule has 0 spiro atoms. The molecule has 0 atom stereocenters. The molecule has 1 amide bonds. The Bertz CT molecular complexity index is 627. The Hall–Kier alpha value is -2.15. The van der Waals surface area contributed by atoms with Crippen molar-refractivity contribution in [3.05, 3.63) is 30.6 Å². The minimum Gasteiger partial charge on any atom is -0.262 e. The summed E-state index contributed by atoms with van der Waals surface area (Å²) in [6, 6.07) is 3.37. The lowest BCUT2D eigenvalue weighted by Crippen LogP contribution is -2.70. The van der Waals surface area contributed by atoms with Gasteiger partial charge < -0.3 is 0 Å². The maximum absolute atomic E-state index is 13.3. The van der Waals surface area contributed by atoms with Gasteiger partial charge >= 0.3 is 35.8 Å². The number of carbonyl (C=O) groups is 1. The highest BCUT2D eigenvalue weighted by Gasteiger charge is 2.88. The molecule has 1 aromatic rings. The van der Waals surface area contributed by atoms with Crippen LogP contribution in [0.3, 0.4) is 0 Å². The Morgan fingerprint density at radius 3 is 1.52 bits per heavy atom. The number of hydrogen-bond acceptors (Lipinski definition) is 1. The molecule has 1 N–H and O–H groups in total. The fraction of sp³-hybridized carbons (Fsp3) is 0.455. The summed E-state index contributed by atoms with van der Waals surface area (Å²) in [5.74, 6) is -32.4. The molecule has 1 rings (SSSR count). The number of alkyl halides is 11. The van der Waals surface area contributed by atoms with Crippen molar-refractivity contribution in [1.29, 1.82) is 0 Å². The third-order valence-corrected chi connectivity index (χ3v) is 2.77. The number of pyridine rings is 1. The molecule has 0 aliphatic heterocycles. The molecule has 1 heterocycles. The van der Waals surface area contributed by atoms with Gasteiger partial charge in [-0.3, -0.25) is 4.79 Å². The molecule has 25 heavy (non-hydrogen) atoms. The molecule has 0 unspecified atom stereocenters. The average Bonchev–Trinajstić information content (AvgIpc) is 2.46. The van der Waals surface area contributed by atoms with Gasteiger partial charge in [-0.2, -0.15) is 48.3 Å². The van der Waals surface area contributed by atoms with Crippen LogP contribution in [0.15, 0.2) is 30.6 Å². The van der Waals surface area contributed by atoms with Crippen LogP contribution in [0.1, 0.15) is 0 Å². The van der Waals surface area contributed by atoms with E-state index in [-0.39, 0.29) is 4.68 Å². The fourth-order valence-corrected chi connectivity index (χ4v) is 1.38. The lowest BCUT2D eigenvalue weighted by molar-refractivity contribution is -0.643. The first-order chi connectivity index (χ1) is 11.0. The number of nitrogens with one attached hydrogen (secondary N) is 1. The number of halogens is 11. The fourth-order valence-electron chi connectivity index (χ4n) is 1.38. The Morgan fingerprint density at radius 2 is 1.12 bits per heavy atom. The van der Waals surface area contributed by atoms with Crippen molar-refractivity contribution in [2.75, 3.05) is 5.43 Å². The third-order valence-electron chi connectivity index (χ3n) is 2.77. The van der Waals surface area contributed by atoms with E-state index in [0.717, 1.165) is 30.0 Å². The summed E-state index contributed by atoms with van der Waals surface area (Å²) >= 11 is 0. The Morgan fingerprint density at radius 1 is 0.680 bits per heavy atom. The number of carbonyl (C=O) groups excluding carboxylic acids is 1. The number of hydrogen-bond donors (Lipinski definition) is 1. The van der Waals surface area contributed by atoms with E-state index >= 15 is 0 Å². The first kappa shape index (κ1) is 20.9. The largest absolute Gasteiger partial charge is 0.460 e. The summed E-state index contributed by atoms with van der Waals surface area (Å²) in [5.41, 5.74) is 0.939. The maximum Gasteiger partial charge on any atom is 0.460 e. The van der Waals surface area contributed by atoms with Gasteiger partial charge in [-0.25, -0.2) is 0 Å². The molecule has 0 fully saturated rings. The first-order valence-electron chi connectivity index (χ1n) is 5.86. The van der Waals surface area contributed by atoms with Gasteiger partial charge in [-0.15, -0.1) is 5.43 Å². The normalized spacial score (nSPS) is 14.4. The highest BCUT2D eigenvalue weighted by molar-refractivity contribution is 5.90. The first-order valence-corrected chi connectivity index (χ1v) is 5.86. The average molecular weight is 391 g/mol. The van der Waals surface area contributed by atoms with Crippen LogP contribution in [0.25, 0.3) is 0 Å². The van der Waals surface area contributed by atoms with Crippen LogP contribution in [0.2, 0.25) is 0 Å². The van der Waals surface area contributed by atoms with Crippen LogP contribution in [0.4, 0.5) is 48.3 Å². The van der Waals surface area contributed by atoms with E-state index in [1.54, 1.807) is 0 Å². The predicted octanol–water partition coefficient (Wildman–Crippen LogP) is 3.15. The molecule has 142 valence electrons. The molecule has 0 bridgehead atoms. The second-order valence-corrected chi connectivity index (χ2v) is 4.52. The SMILES string of the molecule is O=C(N[n+]1ccccc1)C(F)(F)C(F)(F)C(F)(F)C(F)(F)C(F)(F)F. The van der Waals surface area contributed by atoms with Gasteiger partial charge in [0, 0.05) is 12.1 Å². The number of nitrogens with zero attached hydrogens (tertiary/aromatic N) is 1. The van der Waals surface area contributed by atoms with Crippen LogP contribution in [-0.4, -0.2) is 35.8 Å². The molecular weight excluding hydrogens is 385 g/mol. The molecule has 0 saturated heterocycles. The minimum atomic E-state index is -7.62. The van der Waals surface area contributed by atoms with Crippen molar-refractivity contribution in [3.8, 4) is 0 Å². The van der Waals surface area contributed by atoms with E-state index in [0.29, 0.717) is 0 Å². The summed E-state index contributed by atoms with van der Waals surface area (Å²) in [5, 5.41) is 0. The van der Waals surface area contributed by atoms with Crippen molar-refractivity contribution in [2.45, 2.75) is 29.9 Å². The van der Waals surface area contributed by atoms with Gasteiger partial charge in [0.05, 0.1) is 0 Å². The number of amides is 1. The van der Waals surface area contributed by atoms with Crippen molar-refractivity contribution in [1.82, 2.24) is 0 Å². The standard InChI is InChI=1S/C11H5F11N2O/c12-7(13,6(25)23-24-4-2-1-3-5-24)8(14,15)9(16,17)10(18,19)11(20,21)22/h1-5H/p+1.